The summed E-state index contributed by atoms with van der Waals surface area (Å²) in [6, 6.07) is 7.61. The van der Waals surface area contributed by atoms with Crippen molar-refractivity contribution < 1.29 is 14.6 Å². The Balaban J connectivity index is 2.04. The summed E-state index contributed by atoms with van der Waals surface area (Å²) in [5.74, 6) is -0.956. The fourth-order valence-electron chi connectivity index (χ4n) is 2.88. The van der Waals surface area contributed by atoms with Gasteiger partial charge in [-0.1, -0.05) is 18.2 Å². The Kier molecular flexibility index (Phi) is 3.75. The van der Waals surface area contributed by atoms with Gasteiger partial charge in [0.1, 0.15) is 5.56 Å². The van der Waals surface area contributed by atoms with Gasteiger partial charge in [0.2, 0.25) is 0 Å². The van der Waals surface area contributed by atoms with Gasteiger partial charge in [0.25, 0.3) is 0 Å². The van der Waals surface area contributed by atoms with Gasteiger partial charge in [0, 0.05) is 31.8 Å². The van der Waals surface area contributed by atoms with Gasteiger partial charge in [-0.05, 0) is 18.9 Å². The van der Waals surface area contributed by atoms with Crippen LogP contribution >= 0.6 is 0 Å². The first-order valence-corrected chi connectivity index (χ1v) is 7.10. The first-order valence-electron chi connectivity index (χ1n) is 7.10. The van der Waals surface area contributed by atoms with Crippen LogP contribution in [0.15, 0.2) is 30.5 Å². The van der Waals surface area contributed by atoms with E-state index in [-0.39, 0.29) is 11.7 Å². The Labute approximate surface area is 123 Å². The molecule has 1 aromatic heterocycles. The molecule has 3 rings (SSSR count). The number of benzene rings is 1. The molecule has 1 aromatic carbocycles. The van der Waals surface area contributed by atoms with E-state index in [1.807, 2.05) is 36.2 Å². The lowest BCUT2D eigenvalue weighted by Gasteiger charge is -2.25. The number of carboxylic acid groups (broad SMARTS) is 1. The molecule has 1 saturated heterocycles. The molecular weight excluding hydrogens is 268 g/mol. The first kappa shape index (κ1) is 13.8. The Morgan fingerprint density at radius 3 is 3.00 bits per heavy atom. The number of nitrogens with zero attached hydrogens (tertiary/aromatic N) is 2. The monoisotopic (exact) mass is 286 g/mol. The van der Waals surface area contributed by atoms with Crippen molar-refractivity contribution in [3.05, 3.63) is 36.0 Å². The summed E-state index contributed by atoms with van der Waals surface area (Å²) in [6.07, 6.45) is 3.70. The maximum Gasteiger partial charge on any atom is 0.339 e. The lowest BCUT2D eigenvalue weighted by atomic mass is 10.1. The quantitative estimate of drug-likeness (QED) is 0.936. The number of para-hydroxylation sites is 1. The molecule has 0 radical (unpaired) electrons. The normalized spacial score (nSPS) is 18.0. The van der Waals surface area contributed by atoms with Crippen LogP contribution in [0.4, 0.5) is 5.69 Å². The van der Waals surface area contributed by atoms with Crippen molar-refractivity contribution in [1.82, 2.24) is 4.98 Å². The molecule has 21 heavy (non-hydrogen) atoms. The number of likely N-dealkylation sites (N-methyl/N-ethyl adjacent to an activating group) is 1. The number of anilines is 1. The number of fused-ring (bicyclic) bond motifs is 1. The number of aromatic nitrogens is 1. The molecule has 1 fully saturated rings. The summed E-state index contributed by atoms with van der Waals surface area (Å²) in [5.41, 5.74) is 1.74. The summed E-state index contributed by atoms with van der Waals surface area (Å²) in [5, 5.41) is 10.3. The van der Waals surface area contributed by atoms with Crippen molar-refractivity contribution in [1.29, 1.82) is 0 Å². The van der Waals surface area contributed by atoms with Crippen LogP contribution in [0.3, 0.4) is 0 Å². The number of ether oxygens (including phenoxy) is 1. The summed E-state index contributed by atoms with van der Waals surface area (Å²) in [7, 11) is 1.91. The molecule has 5 nitrogen and oxygen atoms in total. The average Bonchev–Trinajstić information content (AvgIpc) is 2.98. The summed E-state index contributed by atoms with van der Waals surface area (Å²) >= 11 is 0. The van der Waals surface area contributed by atoms with E-state index < -0.39 is 5.97 Å². The molecule has 1 unspecified atom stereocenters. The van der Waals surface area contributed by atoms with E-state index in [4.69, 9.17) is 4.74 Å². The van der Waals surface area contributed by atoms with Crippen LogP contribution in [0.1, 0.15) is 23.2 Å². The predicted octanol–water partition coefficient (Wildman–Crippen LogP) is 2.55. The second-order valence-corrected chi connectivity index (χ2v) is 5.36. The zero-order valence-corrected chi connectivity index (χ0v) is 12.0. The Bertz CT molecular complexity index is 666. The fourth-order valence-corrected chi connectivity index (χ4v) is 2.88. The number of rotatable bonds is 4. The van der Waals surface area contributed by atoms with Gasteiger partial charge in [-0.15, -0.1) is 0 Å². The van der Waals surface area contributed by atoms with Crippen molar-refractivity contribution in [2.75, 3.05) is 25.1 Å². The second-order valence-electron chi connectivity index (χ2n) is 5.36. The van der Waals surface area contributed by atoms with Crippen LogP contribution in [-0.2, 0) is 4.74 Å². The van der Waals surface area contributed by atoms with Gasteiger partial charge in [-0.2, -0.15) is 0 Å². The maximum absolute atomic E-state index is 11.5. The SMILES string of the molecule is CN(CC1CCCO1)c1c(C(=O)O)cnc2ccccc12. The third-order valence-electron chi connectivity index (χ3n) is 3.86. The lowest BCUT2D eigenvalue weighted by molar-refractivity contribution is 0.0696. The van der Waals surface area contributed by atoms with Crippen LogP contribution < -0.4 is 4.90 Å². The number of hydrogen-bond donors (Lipinski definition) is 1. The van der Waals surface area contributed by atoms with E-state index >= 15 is 0 Å². The minimum atomic E-state index is -0.956. The molecule has 1 aliphatic rings. The molecule has 5 heteroatoms. The van der Waals surface area contributed by atoms with Crippen LogP contribution in [0.2, 0.25) is 0 Å². The number of aromatic carboxylic acids is 1. The molecule has 1 aliphatic heterocycles. The first-order chi connectivity index (χ1) is 10.2. The molecule has 110 valence electrons. The highest BCUT2D eigenvalue weighted by atomic mass is 16.5. The molecule has 0 saturated carbocycles. The predicted molar refractivity (Wildman–Crippen MR) is 80.9 cm³/mol. The van der Waals surface area contributed by atoms with Crippen LogP contribution in [-0.4, -0.2) is 42.4 Å². The third kappa shape index (κ3) is 2.69. The fraction of sp³-hybridized carbons (Fsp3) is 0.375. The largest absolute Gasteiger partial charge is 0.478 e. The van der Waals surface area contributed by atoms with Gasteiger partial charge in [-0.3, -0.25) is 4.98 Å². The van der Waals surface area contributed by atoms with E-state index in [0.29, 0.717) is 12.2 Å². The van der Waals surface area contributed by atoms with Crippen molar-refractivity contribution in [3.63, 3.8) is 0 Å². The molecule has 0 spiro atoms. The molecule has 0 aliphatic carbocycles. The number of hydrogen-bond acceptors (Lipinski definition) is 4. The van der Waals surface area contributed by atoms with E-state index in [2.05, 4.69) is 4.98 Å². The Morgan fingerprint density at radius 1 is 1.48 bits per heavy atom. The van der Waals surface area contributed by atoms with E-state index in [9.17, 15) is 9.90 Å². The lowest BCUT2D eigenvalue weighted by Crippen LogP contribution is -2.30. The minimum Gasteiger partial charge on any atom is -0.478 e. The van der Waals surface area contributed by atoms with Gasteiger partial charge in [0.15, 0.2) is 0 Å². The average molecular weight is 286 g/mol. The van der Waals surface area contributed by atoms with Crippen molar-refractivity contribution >= 4 is 22.6 Å². The molecule has 2 aromatic rings. The van der Waals surface area contributed by atoms with E-state index in [1.54, 1.807) is 0 Å². The zero-order valence-electron chi connectivity index (χ0n) is 12.0. The standard InChI is InChI=1S/C16H18N2O3/c1-18(10-11-5-4-8-21-11)15-12-6-2-3-7-14(12)17-9-13(15)16(19)20/h2-3,6-7,9,11H,4-5,8,10H2,1H3,(H,19,20). The minimum absolute atomic E-state index is 0.170. The summed E-state index contributed by atoms with van der Waals surface area (Å²) in [6.45, 7) is 1.48. The molecule has 1 atom stereocenters. The van der Waals surface area contributed by atoms with Crippen molar-refractivity contribution in [2.24, 2.45) is 0 Å². The molecule has 1 N–H and O–H groups in total. The van der Waals surface area contributed by atoms with Crippen LogP contribution in [0.5, 0.6) is 0 Å². The van der Waals surface area contributed by atoms with E-state index in [1.165, 1.54) is 6.20 Å². The van der Waals surface area contributed by atoms with Crippen LogP contribution in [0.25, 0.3) is 10.9 Å². The number of carboxylic acids is 1. The Morgan fingerprint density at radius 2 is 2.29 bits per heavy atom. The maximum atomic E-state index is 11.5. The van der Waals surface area contributed by atoms with Crippen LogP contribution in [0, 0.1) is 0 Å². The van der Waals surface area contributed by atoms with E-state index in [0.717, 1.165) is 30.4 Å². The third-order valence-corrected chi connectivity index (χ3v) is 3.86. The van der Waals surface area contributed by atoms with Crippen molar-refractivity contribution in [3.8, 4) is 0 Å². The molecule has 0 amide bonds. The van der Waals surface area contributed by atoms with Gasteiger partial charge in [-0.25, -0.2) is 4.79 Å². The number of pyridine rings is 1. The molecule has 0 bridgehead atoms. The molecule has 2 heterocycles. The smallest absolute Gasteiger partial charge is 0.339 e. The number of carbonyl (C=O) groups is 1. The van der Waals surface area contributed by atoms with Gasteiger partial charge in [0.05, 0.1) is 17.3 Å². The van der Waals surface area contributed by atoms with Gasteiger partial charge >= 0.3 is 5.97 Å². The summed E-state index contributed by atoms with van der Waals surface area (Å²) in [4.78, 5) is 17.7. The highest BCUT2D eigenvalue weighted by molar-refractivity contribution is 6.04. The highest BCUT2D eigenvalue weighted by Gasteiger charge is 2.22. The Hall–Kier alpha value is -2.14. The second kappa shape index (κ2) is 5.69. The van der Waals surface area contributed by atoms with Gasteiger partial charge < -0.3 is 14.7 Å². The van der Waals surface area contributed by atoms with Crippen molar-refractivity contribution in [2.45, 2.75) is 18.9 Å². The zero-order chi connectivity index (χ0) is 14.8. The summed E-state index contributed by atoms with van der Waals surface area (Å²) < 4.78 is 5.65. The topological polar surface area (TPSA) is 62.7 Å². The molecular formula is C16H18N2O3. The highest BCUT2D eigenvalue weighted by Crippen LogP contribution is 2.29.